The number of primary amides is 1. The number of halogens is 1. The molecule has 122 valence electrons. The van der Waals surface area contributed by atoms with Gasteiger partial charge in [0.05, 0.1) is 23.0 Å². The van der Waals surface area contributed by atoms with E-state index in [1.807, 2.05) is 17.9 Å². The van der Waals surface area contributed by atoms with Gasteiger partial charge >= 0.3 is 0 Å². The molecule has 7 heteroatoms. The zero-order valence-electron chi connectivity index (χ0n) is 12.9. The highest BCUT2D eigenvalue weighted by Crippen LogP contribution is 2.22. The largest absolute Gasteiger partial charge is 0.369 e. The van der Waals surface area contributed by atoms with E-state index in [1.165, 1.54) is 0 Å². The fraction of sp³-hybridized carbons (Fsp3) is 0.438. The van der Waals surface area contributed by atoms with Gasteiger partial charge in [-0.25, -0.2) is 0 Å². The molecule has 0 aromatic heterocycles. The number of carbonyl (C=O) groups is 2. The maximum Gasteiger partial charge on any atom is 0.238 e. The van der Waals surface area contributed by atoms with Gasteiger partial charge in [-0.2, -0.15) is 5.26 Å². The molecule has 1 aromatic rings. The molecule has 1 aliphatic rings. The summed E-state index contributed by atoms with van der Waals surface area (Å²) in [7, 11) is 0. The summed E-state index contributed by atoms with van der Waals surface area (Å²) >= 11 is 5.95. The quantitative estimate of drug-likeness (QED) is 0.875. The van der Waals surface area contributed by atoms with Gasteiger partial charge in [-0.15, -0.1) is 0 Å². The number of nitrogens with two attached hydrogens (primary N) is 1. The lowest BCUT2D eigenvalue weighted by molar-refractivity contribution is -0.126. The number of nitriles is 1. The molecule has 0 unspecified atom stereocenters. The zero-order valence-corrected chi connectivity index (χ0v) is 13.6. The van der Waals surface area contributed by atoms with Crippen LogP contribution in [-0.2, 0) is 9.59 Å². The van der Waals surface area contributed by atoms with E-state index < -0.39 is 0 Å². The van der Waals surface area contributed by atoms with Crippen LogP contribution in [0.3, 0.4) is 0 Å². The van der Waals surface area contributed by atoms with Crippen molar-refractivity contribution in [1.29, 1.82) is 5.26 Å². The number of anilines is 1. The number of hydrogen-bond acceptors (Lipinski definition) is 4. The zero-order chi connectivity index (χ0) is 17.0. The van der Waals surface area contributed by atoms with Gasteiger partial charge in [0.2, 0.25) is 11.8 Å². The molecule has 1 aromatic carbocycles. The summed E-state index contributed by atoms with van der Waals surface area (Å²) in [4.78, 5) is 25.5. The first-order chi connectivity index (χ1) is 10.9. The van der Waals surface area contributed by atoms with Gasteiger partial charge in [-0.3, -0.25) is 14.5 Å². The monoisotopic (exact) mass is 334 g/mol. The Morgan fingerprint density at radius 2 is 2.22 bits per heavy atom. The number of hydrogen-bond donors (Lipinski definition) is 2. The SMILES string of the molecule is C[C@H]1CC[C@H](C(N)=O)CN1CC(=O)Nc1ccc(C#N)c(Cl)c1. The van der Waals surface area contributed by atoms with Gasteiger partial charge in [0.1, 0.15) is 6.07 Å². The molecule has 1 fully saturated rings. The van der Waals surface area contributed by atoms with Crippen molar-refractivity contribution in [2.24, 2.45) is 11.7 Å². The molecule has 0 spiro atoms. The lowest BCUT2D eigenvalue weighted by Crippen LogP contribution is -2.48. The van der Waals surface area contributed by atoms with Gasteiger partial charge in [0, 0.05) is 18.3 Å². The topological polar surface area (TPSA) is 99.2 Å². The predicted molar refractivity (Wildman–Crippen MR) is 87.8 cm³/mol. The molecule has 1 heterocycles. The van der Waals surface area contributed by atoms with E-state index in [0.717, 1.165) is 12.8 Å². The molecule has 23 heavy (non-hydrogen) atoms. The van der Waals surface area contributed by atoms with E-state index in [9.17, 15) is 9.59 Å². The predicted octanol–water partition coefficient (Wildman–Crippen LogP) is 1.74. The number of nitrogens with one attached hydrogen (secondary N) is 1. The van der Waals surface area contributed by atoms with Gasteiger partial charge in [0.25, 0.3) is 0 Å². The van der Waals surface area contributed by atoms with E-state index in [4.69, 9.17) is 22.6 Å². The van der Waals surface area contributed by atoms with E-state index in [-0.39, 0.29) is 30.3 Å². The van der Waals surface area contributed by atoms with Crippen LogP contribution in [0.1, 0.15) is 25.3 Å². The van der Waals surface area contributed by atoms with E-state index in [2.05, 4.69) is 5.32 Å². The normalized spacial score (nSPS) is 21.4. The molecule has 2 amide bonds. The second kappa shape index (κ2) is 7.44. The fourth-order valence-electron chi connectivity index (χ4n) is 2.70. The molecule has 2 rings (SSSR count). The first-order valence-corrected chi connectivity index (χ1v) is 7.81. The van der Waals surface area contributed by atoms with Crippen molar-refractivity contribution in [3.05, 3.63) is 28.8 Å². The van der Waals surface area contributed by atoms with E-state index in [1.54, 1.807) is 18.2 Å². The Bertz CT molecular complexity index is 656. The molecule has 3 N–H and O–H groups in total. The Morgan fingerprint density at radius 3 is 2.83 bits per heavy atom. The van der Waals surface area contributed by atoms with Crippen LogP contribution in [0.2, 0.25) is 5.02 Å². The molecule has 0 bridgehead atoms. The second-order valence-electron chi connectivity index (χ2n) is 5.81. The highest BCUT2D eigenvalue weighted by Gasteiger charge is 2.29. The van der Waals surface area contributed by atoms with Crippen molar-refractivity contribution in [2.75, 3.05) is 18.4 Å². The molecule has 0 saturated carbocycles. The van der Waals surface area contributed by atoms with Crippen molar-refractivity contribution in [1.82, 2.24) is 4.90 Å². The van der Waals surface area contributed by atoms with Crippen molar-refractivity contribution in [2.45, 2.75) is 25.8 Å². The third kappa shape index (κ3) is 4.44. The minimum atomic E-state index is -0.318. The smallest absolute Gasteiger partial charge is 0.238 e. The molecule has 1 aliphatic heterocycles. The first-order valence-electron chi connectivity index (χ1n) is 7.43. The van der Waals surface area contributed by atoms with Crippen LogP contribution in [-0.4, -0.2) is 35.8 Å². The van der Waals surface area contributed by atoms with Crippen LogP contribution in [0.4, 0.5) is 5.69 Å². The summed E-state index contributed by atoms with van der Waals surface area (Å²) < 4.78 is 0. The number of nitrogens with zero attached hydrogens (tertiary/aromatic N) is 2. The highest BCUT2D eigenvalue weighted by molar-refractivity contribution is 6.32. The van der Waals surface area contributed by atoms with Crippen LogP contribution in [0.5, 0.6) is 0 Å². The number of carbonyl (C=O) groups excluding carboxylic acids is 2. The molecule has 1 saturated heterocycles. The molecule has 0 radical (unpaired) electrons. The Morgan fingerprint density at radius 1 is 1.48 bits per heavy atom. The minimum absolute atomic E-state index is 0.183. The molecular weight excluding hydrogens is 316 g/mol. The van der Waals surface area contributed by atoms with Gasteiger partial charge < -0.3 is 11.1 Å². The maximum absolute atomic E-state index is 12.2. The fourth-order valence-corrected chi connectivity index (χ4v) is 2.92. The molecule has 2 atom stereocenters. The third-order valence-corrected chi connectivity index (χ3v) is 4.45. The van der Waals surface area contributed by atoms with E-state index in [0.29, 0.717) is 22.8 Å². The lowest BCUT2D eigenvalue weighted by Gasteiger charge is -2.36. The van der Waals surface area contributed by atoms with Gasteiger partial charge in [-0.05, 0) is 38.0 Å². The van der Waals surface area contributed by atoms with Crippen molar-refractivity contribution >= 4 is 29.1 Å². The first kappa shape index (κ1) is 17.3. The Kier molecular flexibility index (Phi) is 5.59. The summed E-state index contributed by atoms with van der Waals surface area (Å²) in [6.07, 6.45) is 1.60. The third-order valence-electron chi connectivity index (χ3n) is 4.13. The van der Waals surface area contributed by atoms with E-state index >= 15 is 0 Å². The molecule has 0 aliphatic carbocycles. The average Bonchev–Trinajstić information content (AvgIpc) is 2.49. The van der Waals surface area contributed by atoms with Crippen molar-refractivity contribution in [3.63, 3.8) is 0 Å². The average molecular weight is 335 g/mol. The van der Waals surface area contributed by atoms with Crippen LogP contribution in [0, 0.1) is 17.2 Å². The van der Waals surface area contributed by atoms with Crippen molar-refractivity contribution in [3.8, 4) is 6.07 Å². The van der Waals surface area contributed by atoms with Crippen LogP contribution in [0.25, 0.3) is 0 Å². The van der Waals surface area contributed by atoms with Crippen LogP contribution < -0.4 is 11.1 Å². The lowest BCUT2D eigenvalue weighted by atomic mass is 9.93. The van der Waals surface area contributed by atoms with Crippen LogP contribution in [0.15, 0.2) is 18.2 Å². The Hall–Kier alpha value is -2.10. The number of amides is 2. The highest BCUT2D eigenvalue weighted by atomic mass is 35.5. The number of benzene rings is 1. The van der Waals surface area contributed by atoms with Gasteiger partial charge in [-0.1, -0.05) is 11.6 Å². The van der Waals surface area contributed by atoms with Crippen molar-refractivity contribution < 1.29 is 9.59 Å². The van der Waals surface area contributed by atoms with Gasteiger partial charge in [0.15, 0.2) is 0 Å². The summed E-state index contributed by atoms with van der Waals surface area (Å²) in [5, 5.41) is 11.9. The number of rotatable bonds is 4. The Balaban J connectivity index is 1.97. The number of likely N-dealkylation sites (tertiary alicyclic amines) is 1. The van der Waals surface area contributed by atoms with Crippen LogP contribution >= 0.6 is 11.6 Å². The minimum Gasteiger partial charge on any atom is -0.369 e. The number of piperidine rings is 1. The second-order valence-corrected chi connectivity index (χ2v) is 6.22. The summed E-state index contributed by atoms with van der Waals surface area (Å²) in [5.74, 6) is -0.715. The Labute approximate surface area is 140 Å². The summed E-state index contributed by atoms with van der Waals surface area (Å²) in [5.41, 5.74) is 6.26. The maximum atomic E-state index is 12.2. The standard InChI is InChI=1S/C16H19ClN4O2/c1-10-2-3-12(16(19)23)8-21(10)9-15(22)20-13-5-4-11(7-18)14(17)6-13/h4-6,10,12H,2-3,8-9H2,1H3,(H2,19,23)(H,20,22)/t10-,12-/m0/s1. The summed E-state index contributed by atoms with van der Waals surface area (Å²) in [6, 6.07) is 6.93. The molecular formula is C16H19ClN4O2. The summed E-state index contributed by atoms with van der Waals surface area (Å²) in [6.45, 7) is 2.71. The molecule has 6 nitrogen and oxygen atoms in total.